The van der Waals surface area contributed by atoms with Gasteiger partial charge in [-0.1, -0.05) is 26.7 Å². The minimum Gasteiger partial charge on any atom is -0.363 e. The van der Waals surface area contributed by atoms with Gasteiger partial charge in [-0.15, -0.1) is 0 Å². The number of amides is 1. The molecule has 0 aromatic carbocycles. The molecule has 2 N–H and O–H groups in total. The predicted octanol–water partition coefficient (Wildman–Crippen LogP) is 2.45. The number of nitrogens with one attached hydrogen (secondary N) is 2. The van der Waals surface area contributed by atoms with Crippen LogP contribution in [0.4, 0.5) is 5.82 Å². The summed E-state index contributed by atoms with van der Waals surface area (Å²) in [5.74, 6) is 1.77. The van der Waals surface area contributed by atoms with Crippen LogP contribution in [0.1, 0.15) is 57.7 Å². The maximum atomic E-state index is 12.4. The van der Waals surface area contributed by atoms with Crippen LogP contribution in [0.2, 0.25) is 0 Å². The summed E-state index contributed by atoms with van der Waals surface area (Å²) in [6, 6.07) is 0.160. The van der Waals surface area contributed by atoms with E-state index in [4.69, 9.17) is 5.10 Å². The molecule has 1 aromatic rings. The first kappa shape index (κ1) is 19.8. The fourth-order valence-electron chi connectivity index (χ4n) is 3.53. The highest BCUT2D eigenvalue weighted by Crippen LogP contribution is 2.23. The number of hydrogen-bond donors (Lipinski definition) is 2. The number of nitrogens with zero attached hydrogens (tertiary/aromatic N) is 3. The maximum absolute atomic E-state index is 12.4. The Morgan fingerprint density at radius 1 is 1.28 bits per heavy atom. The molecule has 0 spiro atoms. The lowest BCUT2D eigenvalue weighted by Crippen LogP contribution is -2.45. The first-order chi connectivity index (χ1) is 11.8. The third kappa shape index (κ3) is 5.21. The standard InChI is InChI=1S/C19H35N5O/c1-13(2)12-24-19(23(5)6)17(14(3)22-24)11-20-15(4)18(25)21-16-9-7-8-10-16/h13,15-16,20H,7-12H2,1-6H3,(H,21,25). The van der Waals surface area contributed by atoms with Gasteiger partial charge in [0, 0.05) is 38.8 Å². The SMILES string of the molecule is Cc1nn(CC(C)C)c(N(C)C)c1CNC(C)C(=O)NC1CCCC1. The van der Waals surface area contributed by atoms with Crippen molar-refractivity contribution in [2.75, 3.05) is 19.0 Å². The van der Waals surface area contributed by atoms with Gasteiger partial charge < -0.3 is 15.5 Å². The van der Waals surface area contributed by atoms with Gasteiger partial charge in [-0.25, -0.2) is 4.68 Å². The van der Waals surface area contributed by atoms with Crippen LogP contribution in [0.3, 0.4) is 0 Å². The number of aromatic nitrogens is 2. The quantitative estimate of drug-likeness (QED) is 0.757. The Morgan fingerprint density at radius 2 is 1.92 bits per heavy atom. The van der Waals surface area contributed by atoms with Gasteiger partial charge in [0.25, 0.3) is 0 Å². The second kappa shape index (κ2) is 8.70. The fourth-order valence-corrected chi connectivity index (χ4v) is 3.53. The van der Waals surface area contributed by atoms with Crippen LogP contribution in [-0.4, -0.2) is 41.9 Å². The van der Waals surface area contributed by atoms with Gasteiger partial charge in [-0.05, 0) is 32.6 Å². The lowest BCUT2D eigenvalue weighted by Gasteiger charge is -2.20. The van der Waals surface area contributed by atoms with Crippen molar-refractivity contribution in [3.8, 4) is 0 Å². The Morgan fingerprint density at radius 3 is 2.48 bits per heavy atom. The molecule has 0 bridgehead atoms. The Kier molecular flexibility index (Phi) is 6.87. The van der Waals surface area contributed by atoms with E-state index in [1.54, 1.807) is 0 Å². The van der Waals surface area contributed by atoms with E-state index < -0.39 is 0 Å². The zero-order chi connectivity index (χ0) is 18.6. The molecule has 6 heteroatoms. The lowest BCUT2D eigenvalue weighted by atomic mass is 10.2. The maximum Gasteiger partial charge on any atom is 0.237 e. The molecular formula is C19H35N5O. The molecule has 2 rings (SSSR count). The summed E-state index contributed by atoms with van der Waals surface area (Å²) < 4.78 is 2.08. The zero-order valence-corrected chi connectivity index (χ0v) is 16.7. The third-order valence-corrected chi connectivity index (χ3v) is 4.86. The van der Waals surface area contributed by atoms with Crippen molar-refractivity contribution < 1.29 is 4.79 Å². The molecule has 0 saturated heterocycles. The van der Waals surface area contributed by atoms with Crippen molar-refractivity contribution in [2.45, 2.75) is 78.6 Å². The van der Waals surface area contributed by atoms with Gasteiger partial charge in [-0.3, -0.25) is 4.79 Å². The van der Waals surface area contributed by atoms with Crippen molar-refractivity contribution >= 4 is 11.7 Å². The zero-order valence-electron chi connectivity index (χ0n) is 16.7. The van der Waals surface area contributed by atoms with Crippen molar-refractivity contribution in [3.05, 3.63) is 11.3 Å². The van der Waals surface area contributed by atoms with E-state index in [2.05, 4.69) is 34.1 Å². The molecule has 1 aromatic heterocycles. The second-order valence-corrected chi connectivity index (χ2v) is 7.95. The summed E-state index contributed by atoms with van der Waals surface area (Å²) >= 11 is 0. The van der Waals surface area contributed by atoms with E-state index in [0.29, 0.717) is 18.5 Å². The molecule has 1 fully saturated rings. The molecule has 6 nitrogen and oxygen atoms in total. The molecule has 0 aliphatic heterocycles. The first-order valence-electron chi connectivity index (χ1n) is 9.57. The lowest BCUT2D eigenvalue weighted by molar-refractivity contribution is -0.123. The summed E-state index contributed by atoms with van der Waals surface area (Å²) in [7, 11) is 4.10. The molecule has 1 saturated carbocycles. The smallest absolute Gasteiger partial charge is 0.237 e. The second-order valence-electron chi connectivity index (χ2n) is 7.95. The molecule has 1 aliphatic rings. The van der Waals surface area contributed by atoms with E-state index in [1.807, 2.05) is 27.9 Å². The van der Waals surface area contributed by atoms with Crippen LogP contribution in [-0.2, 0) is 17.9 Å². The normalized spacial score (nSPS) is 16.4. The predicted molar refractivity (Wildman–Crippen MR) is 103 cm³/mol. The minimum atomic E-state index is -0.205. The number of carbonyl (C=O) groups excluding carboxylic acids is 1. The summed E-state index contributed by atoms with van der Waals surface area (Å²) in [6.07, 6.45) is 4.69. The third-order valence-electron chi connectivity index (χ3n) is 4.86. The van der Waals surface area contributed by atoms with E-state index in [-0.39, 0.29) is 11.9 Å². The van der Waals surface area contributed by atoms with Crippen molar-refractivity contribution in [1.29, 1.82) is 0 Å². The molecule has 1 heterocycles. The number of anilines is 1. The van der Waals surface area contributed by atoms with Gasteiger partial charge in [0.15, 0.2) is 0 Å². The highest BCUT2D eigenvalue weighted by molar-refractivity contribution is 5.81. The monoisotopic (exact) mass is 349 g/mol. The number of hydrogen-bond acceptors (Lipinski definition) is 4. The van der Waals surface area contributed by atoms with Gasteiger partial charge in [0.2, 0.25) is 5.91 Å². The Bertz CT molecular complexity index is 573. The van der Waals surface area contributed by atoms with E-state index >= 15 is 0 Å². The first-order valence-corrected chi connectivity index (χ1v) is 9.57. The molecule has 0 radical (unpaired) electrons. The number of carbonyl (C=O) groups is 1. The topological polar surface area (TPSA) is 62.2 Å². The summed E-state index contributed by atoms with van der Waals surface area (Å²) in [5, 5.41) is 11.3. The average Bonchev–Trinajstić information content (AvgIpc) is 3.11. The largest absolute Gasteiger partial charge is 0.363 e. The van der Waals surface area contributed by atoms with Crippen molar-refractivity contribution in [1.82, 2.24) is 20.4 Å². The minimum absolute atomic E-state index is 0.102. The Labute approximate surface area is 152 Å². The summed E-state index contributed by atoms with van der Waals surface area (Å²) in [5.41, 5.74) is 2.20. The molecule has 1 unspecified atom stereocenters. The van der Waals surface area contributed by atoms with Crippen LogP contribution in [0.5, 0.6) is 0 Å². The van der Waals surface area contributed by atoms with E-state index in [9.17, 15) is 4.79 Å². The van der Waals surface area contributed by atoms with E-state index in [0.717, 1.165) is 30.9 Å². The number of rotatable bonds is 8. The molecule has 1 atom stereocenters. The fraction of sp³-hybridized carbons (Fsp3) is 0.789. The van der Waals surface area contributed by atoms with Gasteiger partial charge in [0.05, 0.1) is 11.7 Å². The van der Waals surface area contributed by atoms with Crippen LogP contribution in [0, 0.1) is 12.8 Å². The van der Waals surface area contributed by atoms with Crippen molar-refractivity contribution in [3.63, 3.8) is 0 Å². The Balaban J connectivity index is 2.01. The van der Waals surface area contributed by atoms with Gasteiger partial charge in [0.1, 0.15) is 5.82 Å². The van der Waals surface area contributed by atoms with Crippen LogP contribution in [0.25, 0.3) is 0 Å². The molecule has 25 heavy (non-hydrogen) atoms. The number of aryl methyl sites for hydroxylation is 1. The van der Waals surface area contributed by atoms with Crippen LogP contribution in [0.15, 0.2) is 0 Å². The average molecular weight is 350 g/mol. The van der Waals surface area contributed by atoms with Crippen molar-refractivity contribution in [2.24, 2.45) is 5.92 Å². The molecule has 1 amide bonds. The molecule has 142 valence electrons. The van der Waals surface area contributed by atoms with Crippen LogP contribution >= 0.6 is 0 Å². The van der Waals surface area contributed by atoms with Gasteiger partial charge in [-0.2, -0.15) is 5.10 Å². The summed E-state index contributed by atoms with van der Waals surface area (Å²) in [4.78, 5) is 14.5. The molecule has 1 aliphatic carbocycles. The Hall–Kier alpha value is -1.56. The van der Waals surface area contributed by atoms with E-state index in [1.165, 1.54) is 18.4 Å². The summed E-state index contributed by atoms with van der Waals surface area (Å²) in [6.45, 7) is 9.92. The van der Waals surface area contributed by atoms with Gasteiger partial charge >= 0.3 is 0 Å². The highest BCUT2D eigenvalue weighted by Gasteiger charge is 2.22. The highest BCUT2D eigenvalue weighted by atomic mass is 16.2. The molecular weight excluding hydrogens is 314 g/mol. The van der Waals surface area contributed by atoms with Crippen LogP contribution < -0.4 is 15.5 Å².